The number of aromatic nitrogens is 1. The van der Waals surface area contributed by atoms with Gasteiger partial charge in [0.05, 0.1) is 6.61 Å². The molecule has 1 saturated heterocycles. The zero-order valence-corrected chi connectivity index (χ0v) is 20.6. The van der Waals surface area contributed by atoms with E-state index in [4.69, 9.17) is 18.7 Å². The number of barbiturate groups is 1. The molecule has 0 radical (unpaired) electrons. The van der Waals surface area contributed by atoms with Gasteiger partial charge in [-0.2, -0.15) is 0 Å². The number of halogens is 1. The topological polar surface area (TPSA) is 129 Å². The Hall–Kier alpha value is -5.03. The molecular formula is C28H22FN3O7. The molecule has 39 heavy (non-hydrogen) atoms. The second-order valence-corrected chi connectivity index (χ2v) is 8.56. The van der Waals surface area contributed by atoms with Crippen molar-refractivity contribution >= 4 is 17.8 Å². The molecule has 1 aliphatic heterocycles. The van der Waals surface area contributed by atoms with Gasteiger partial charge in [-0.15, -0.1) is 0 Å². The third-order valence-corrected chi connectivity index (χ3v) is 6.00. The number of nitrogens with zero attached hydrogens (tertiary/aromatic N) is 1. The van der Waals surface area contributed by atoms with Crippen LogP contribution in [0.1, 0.15) is 6.42 Å². The van der Waals surface area contributed by atoms with Gasteiger partial charge in [0.1, 0.15) is 28.8 Å². The second kappa shape index (κ2) is 10.8. The number of urea groups is 1. The van der Waals surface area contributed by atoms with Crippen LogP contribution < -0.4 is 20.1 Å². The molecule has 0 spiro atoms. The van der Waals surface area contributed by atoms with Gasteiger partial charge in [0.2, 0.25) is 0 Å². The van der Waals surface area contributed by atoms with Gasteiger partial charge in [0.15, 0.2) is 5.76 Å². The molecule has 1 fully saturated rings. The van der Waals surface area contributed by atoms with Gasteiger partial charge in [0.25, 0.3) is 17.4 Å². The van der Waals surface area contributed by atoms with Crippen LogP contribution in [0.5, 0.6) is 17.2 Å². The monoisotopic (exact) mass is 531 g/mol. The first-order valence-corrected chi connectivity index (χ1v) is 11.8. The summed E-state index contributed by atoms with van der Waals surface area (Å²) >= 11 is 0. The van der Waals surface area contributed by atoms with E-state index in [1.54, 1.807) is 60.7 Å². The zero-order valence-electron chi connectivity index (χ0n) is 20.6. The van der Waals surface area contributed by atoms with Crippen molar-refractivity contribution in [1.29, 1.82) is 0 Å². The number of benzene rings is 3. The summed E-state index contributed by atoms with van der Waals surface area (Å²) in [6, 6.07) is 20.4. The Morgan fingerprint density at radius 1 is 0.872 bits per heavy atom. The smallest absolute Gasteiger partial charge is 0.328 e. The minimum Gasteiger partial charge on any atom is -0.467 e. The fraction of sp³-hybridized carbons (Fsp3) is 0.143. The van der Waals surface area contributed by atoms with Crippen LogP contribution in [0, 0.1) is 5.82 Å². The molecule has 0 aliphatic carbocycles. The van der Waals surface area contributed by atoms with Crippen molar-refractivity contribution in [3.63, 3.8) is 0 Å². The van der Waals surface area contributed by atoms with Crippen LogP contribution in [0.25, 0.3) is 22.6 Å². The number of hydrogen-bond acceptors (Lipinski definition) is 8. The number of carbonyl (C=O) groups is 3. The van der Waals surface area contributed by atoms with Crippen LogP contribution in [0.2, 0.25) is 0 Å². The van der Waals surface area contributed by atoms with Crippen LogP contribution in [-0.2, 0) is 14.3 Å². The molecule has 0 atom stereocenters. The normalized spacial score (nSPS) is 14.5. The van der Waals surface area contributed by atoms with Crippen LogP contribution >= 0.6 is 0 Å². The number of imide groups is 2. The highest BCUT2D eigenvalue weighted by Crippen LogP contribution is 2.31. The molecule has 10 nitrogen and oxygen atoms in total. The van der Waals surface area contributed by atoms with Crippen molar-refractivity contribution in [2.45, 2.75) is 12.0 Å². The van der Waals surface area contributed by atoms with Gasteiger partial charge in [-0.3, -0.25) is 20.2 Å². The summed E-state index contributed by atoms with van der Waals surface area (Å²) in [5.41, 5.74) is -0.494. The van der Waals surface area contributed by atoms with Gasteiger partial charge in [0, 0.05) is 30.7 Å². The Labute approximate surface area is 221 Å². The lowest BCUT2D eigenvalue weighted by molar-refractivity contribution is -0.153. The highest BCUT2D eigenvalue weighted by molar-refractivity contribution is 6.21. The van der Waals surface area contributed by atoms with E-state index in [2.05, 4.69) is 15.8 Å². The molecule has 2 heterocycles. The first kappa shape index (κ1) is 25.6. The molecule has 4 amide bonds. The molecule has 1 aliphatic rings. The van der Waals surface area contributed by atoms with Crippen molar-refractivity contribution in [3.8, 4) is 39.8 Å². The number of nitrogens with one attached hydrogen (secondary N) is 2. The maximum absolute atomic E-state index is 14.0. The third-order valence-electron chi connectivity index (χ3n) is 6.00. The zero-order chi connectivity index (χ0) is 27.4. The fourth-order valence-electron chi connectivity index (χ4n) is 3.97. The lowest BCUT2D eigenvalue weighted by Crippen LogP contribution is -2.69. The number of carbonyl (C=O) groups excluding carboxylic acids is 3. The highest BCUT2D eigenvalue weighted by Gasteiger charge is 2.52. The molecule has 3 aromatic carbocycles. The summed E-state index contributed by atoms with van der Waals surface area (Å²) in [7, 11) is 1.42. The quantitative estimate of drug-likeness (QED) is 0.303. The fourth-order valence-corrected chi connectivity index (χ4v) is 3.97. The average Bonchev–Trinajstić information content (AvgIpc) is 3.42. The van der Waals surface area contributed by atoms with Gasteiger partial charge in [-0.1, -0.05) is 17.3 Å². The second-order valence-electron chi connectivity index (χ2n) is 8.56. The maximum atomic E-state index is 14.0. The van der Waals surface area contributed by atoms with E-state index in [9.17, 15) is 18.8 Å². The molecular weight excluding hydrogens is 509 g/mol. The van der Waals surface area contributed by atoms with Crippen LogP contribution in [-0.4, -0.2) is 42.3 Å². The molecule has 0 saturated carbocycles. The molecule has 198 valence electrons. The minimum absolute atomic E-state index is 0.0464. The first-order valence-electron chi connectivity index (χ1n) is 11.8. The molecule has 0 unspecified atom stereocenters. The highest BCUT2D eigenvalue weighted by atomic mass is 19.1. The van der Waals surface area contributed by atoms with Gasteiger partial charge >= 0.3 is 6.03 Å². The Morgan fingerprint density at radius 3 is 2.13 bits per heavy atom. The molecule has 0 bridgehead atoms. The lowest BCUT2D eigenvalue weighted by Gasteiger charge is -2.34. The van der Waals surface area contributed by atoms with Crippen molar-refractivity contribution in [1.82, 2.24) is 15.8 Å². The minimum atomic E-state index is -1.96. The number of hydrogen-bond donors (Lipinski definition) is 2. The standard InChI is InChI=1S/C28H22FN3O7/c1-36-15-14-28(25(33)30-27(35)31-26(28)34)38-20-12-10-19(11-13-20)37-18-8-6-17(7-9-18)24-16-23(32-39-24)21-4-2-3-5-22(21)29/h2-13,16H,14-15H2,1H3,(H2,30,31,33,34,35). The molecule has 5 rings (SSSR count). The Bertz CT molecular complexity index is 1500. The predicted molar refractivity (Wildman–Crippen MR) is 135 cm³/mol. The van der Waals surface area contributed by atoms with Crippen LogP contribution in [0.3, 0.4) is 0 Å². The van der Waals surface area contributed by atoms with E-state index in [0.717, 1.165) is 5.56 Å². The summed E-state index contributed by atoms with van der Waals surface area (Å²) in [6.07, 6.45) is -0.105. The van der Waals surface area contributed by atoms with Crippen molar-refractivity contribution < 1.29 is 37.5 Å². The van der Waals surface area contributed by atoms with Crippen LogP contribution in [0.15, 0.2) is 83.4 Å². The van der Waals surface area contributed by atoms with Gasteiger partial charge < -0.3 is 18.7 Å². The van der Waals surface area contributed by atoms with E-state index in [1.165, 1.54) is 25.3 Å². The number of methoxy groups -OCH3 is 1. The number of amides is 4. The average molecular weight is 531 g/mol. The van der Waals surface area contributed by atoms with Gasteiger partial charge in [-0.05, 0) is 60.7 Å². The molecule has 1 aromatic heterocycles. The number of ether oxygens (including phenoxy) is 3. The summed E-state index contributed by atoms with van der Waals surface area (Å²) < 4.78 is 36.1. The van der Waals surface area contributed by atoms with E-state index >= 15 is 0 Å². The summed E-state index contributed by atoms with van der Waals surface area (Å²) in [6.45, 7) is 0.0464. The van der Waals surface area contributed by atoms with Crippen molar-refractivity contribution in [2.75, 3.05) is 13.7 Å². The summed E-state index contributed by atoms with van der Waals surface area (Å²) in [5.74, 6) is -0.450. The first-order chi connectivity index (χ1) is 18.9. The molecule has 11 heteroatoms. The number of rotatable bonds is 9. The van der Waals surface area contributed by atoms with E-state index < -0.39 is 23.4 Å². The van der Waals surface area contributed by atoms with Crippen molar-refractivity contribution in [3.05, 3.63) is 84.7 Å². The largest absolute Gasteiger partial charge is 0.467 e. The SMILES string of the molecule is COCCC1(Oc2ccc(Oc3ccc(-c4cc(-c5ccccc5F)no4)cc3)cc2)C(=O)NC(=O)NC1=O. The lowest BCUT2D eigenvalue weighted by atomic mass is 9.95. The Kier molecular flexibility index (Phi) is 7.06. The molecule has 2 N–H and O–H groups in total. The van der Waals surface area contributed by atoms with Gasteiger partial charge in [-0.25, -0.2) is 9.18 Å². The Morgan fingerprint density at radius 2 is 1.49 bits per heavy atom. The maximum Gasteiger partial charge on any atom is 0.328 e. The third kappa shape index (κ3) is 5.34. The molecule has 4 aromatic rings. The van der Waals surface area contributed by atoms with E-state index in [0.29, 0.717) is 28.5 Å². The summed E-state index contributed by atoms with van der Waals surface area (Å²) in [5, 5.41) is 8.09. The summed E-state index contributed by atoms with van der Waals surface area (Å²) in [4.78, 5) is 36.6. The van der Waals surface area contributed by atoms with E-state index in [1.807, 2.05) is 0 Å². The van der Waals surface area contributed by atoms with Crippen LogP contribution in [0.4, 0.5) is 9.18 Å². The Balaban J connectivity index is 1.26. The predicted octanol–water partition coefficient (Wildman–Crippen LogP) is 4.46. The van der Waals surface area contributed by atoms with E-state index in [-0.39, 0.29) is 24.6 Å². The van der Waals surface area contributed by atoms with Crippen molar-refractivity contribution in [2.24, 2.45) is 0 Å².